The molecule has 0 saturated heterocycles. The number of anilines is 2. The summed E-state index contributed by atoms with van der Waals surface area (Å²) in [6.45, 7) is 2.93. The average Bonchev–Trinajstić information content (AvgIpc) is 2.77. The number of carbonyl (C=O) groups is 4. The molecule has 0 unspecified atom stereocenters. The number of nitrogens with one attached hydrogen (secondary N) is 3. The van der Waals surface area contributed by atoms with E-state index in [9.17, 15) is 19.2 Å². The third-order valence-electron chi connectivity index (χ3n) is 4.44. The van der Waals surface area contributed by atoms with Gasteiger partial charge in [0, 0.05) is 42.9 Å². The van der Waals surface area contributed by atoms with Gasteiger partial charge in [-0.05, 0) is 54.1 Å². The van der Waals surface area contributed by atoms with Crippen LogP contribution in [0.15, 0.2) is 72.8 Å². The van der Waals surface area contributed by atoms with E-state index in [1.165, 1.54) is 19.9 Å². The van der Waals surface area contributed by atoms with E-state index >= 15 is 0 Å². The molecule has 0 bridgehead atoms. The van der Waals surface area contributed by atoms with Crippen molar-refractivity contribution < 1.29 is 23.9 Å². The van der Waals surface area contributed by atoms with Gasteiger partial charge in [-0.3, -0.25) is 19.2 Å². The second-order valence-corrected chi connectivity index (χ2v) is 7.22. The van der Waals surface area contributed by atoms with Gasteiger partial charge in [0.2, 0.25) is 5.91 Å². The SMILES string of the molecule is CC(=O)Nc1cccc(C(=O)NCc2cccc(NC(=O)c3cccc(OC(C)=O)c3)c2)c1. The number of rotatable bonds is 7. The molecule has 0 atom stereocenters. The predicted molar refractivity (Wildman–Crippen MR) is 124 cm³/mol. The van der Waals surface area contributed by atoms with Gasteiger partial charge >= 0.3 is 5.97 Å². The topological polar surface area (TPSA) is 114 Å². The van der Waals surface area contributed by atoms with E-state index in [2.05, 4.69) is 16.0 Å². The van der Waals surface area contributed by atoms with Gasteiger partial charge in [-0.2, -0.15) is 0 Å². The van der Waals surface area contributed by atoms with Gasteiger partial charge in [0.25, 0.3) is 11.8 Å². The van der Waals surface area contributed by atoms with E-state index in [0.29, 0.717) is 22.5 Å². The van der Waals surface area contributed by atoms with Crippen LogP contribution < -0.4 is 20.7 Å². The second kappa shape index (κ2) is 10.7. The van der Waals surface area contributed by atoms with Crippen LogP contribution in [0, 0.1) is 0 Å². The van der Waals surface area contributed by atoms with Gasteiger partial charge in [0.15, 0.2) is 0 Å². The molecule has 0 spiro atoms. The van der Waals surface area contributed by atoms with Gasteiger partial charge in [0.05, 0.1) is 0 Å². The fourth-order valence-electron chi connectivity index (χ4n) is 3.05. The fourth-order valence-corrected chi connectivity index (χ4v) is 3.05. The van der Waals surface area contributed by atoms with Crippen LogP contribution in [0.25, 0.3) is 0 Å². The second-order valence-electron chi connectivity index (χ2n) is 7.22. The maximum Gasteiger partial charge on any atom is 0.308 e. The summed E-state index contributed by atoms with van der Waals surface area (Å²) in [6, 6.07) is 20.0. The van der Waals surface area contributed by atoms with E-state index in [1.54, 1.807) is 60.7 Å². The largest absolute Gasteiger partial charge is 0.427 e. The molecule has 3 N–H and O–H groups in total. The molecule has 0 fully saturated rings. The lowest BCUT2D eigenvalue weighted by Gasteiger charge is -2.10. The van der Waals surface area contributed by atoms with Crippen LogP contribution in [-0.2, 0) is 16.1 Å². The van der Waals surface area contributed by atoms with Crippen molar-refractivity contribution in [2.45, 2.75) is 20.4 Å². The van der Waals surface area contributed by atoms with Crippen LogP contribution in [0.4, 0.5) is 11.4 Å². The van der Waals surface area contributed by atoms with Crippen molar-refractivity contribution in [3.63, 3.8) is 0 Å². The molecule has 0 heterocycles. The first kappa shape index (κ1) is 23.2. The van der Waals surface area contributed by atoms with Crippen molar-refractivity contribution >= 4 is 35.1 Å². The summed E-state index contributed by atoms with van der Waals surface area (Å²) in [5, 5.41) is 8.25. The highest BCUT2D eigenvalue weighted by atomic mass is 16.5. The molecule has 33 heavy (non-hydrogen) atoms. The standard InChI is InChI=1S/C25H23N3O5/c1-16(29)27-22-10-4-7-19(13-22)24(31)26-15-18-6-3-9-21(12-18)28-25(32)20-8-5-11-23(14-20)33-17(2)30/h3-14H,15H2,1-2H3,(H,26,31)(H,27,29)(H,28,32). The Morgan fingerprint density at radius 1 is 0.727 bits per heavy atom. The minimum absolute atomic E-state index is 0.218. The van der Waals surface area contributed by atoms with E-state index < -0.39 is 5.97 Å². The van der Waals surface area contributed by atoms with Crippen molar-refractivity contribution in [1.29, 1.82) is 0 Å². The lowest BCUT2D eigenvalue weighted by molar-refractivity contribution is -0.131. The molecule has 8 heteroatoms. The molecule has 0 radical (unpaired) electrons. The minimum Gasteiger partial charge on any atom is -0.427 e. The summed E-state index contributed by atoms with van der Waals surface area (Å²) in [6.07, 6.45) is 0. The number of hydrogen-bond donors (Lipinski definition) is 3. The molecule has 0 aromatic heterocycles. The van der Waals surface area contributed by atoms with Gasteiger partial charge in [0.1, 0.15) is 5.75 Å². The molecule has 168 valence electrons. The van der Waals surface area contributed by atoms with Crippen molar-refractivity contribution in [2.24, 2.45) is 0 Å². The Kier molecular flexibility index (Phi) is 7.54. The molecule has 0 aliphatic carbocycles. The Morgan fingerprint density at radius 3 is 2.06 bits per heavy atom. The van der Waals surface area contributed by atoms with E-state index in [4.69, 9.17) is 4.74 Å². The van der Waals surface area contributed by atoms with Gasteiger partial charge in [-0.1, -0.05) is 24.3 Å². The number of amides is 3. The molecule has 0 aliphatic rings. The third-order valence-corrected chi connectivity index (χ3v) is 4.44. The number of benzene rings is 3. The monoisotopic (exact) mass is 445 g/mol. The smallest absolute Gasteiger partial charge is 0.308 e. The summed E-state index contributed by atoms with van der Waals surface area (Å²) in [5.41, 5.74) is 2.63. The van der Waals surface area contributed by atoms with Crippen molar-refractivity contribution in [3.05, 3.63) is 89.5 Å². The number of ether oxygens (including phenoxy) is 1. The van der Waals surface area contributed by atoms with Crippen molar-refractivity contribution in [1.82, 2.24) is 5.32 Å². The maximum atomic E-state index is 12.6. The zero-order valence-electron chi connectivity index (χ0n) is 18.2. The predicted octanol–water partition coefficient (Wildman–Crippen LogP) is 3.75. The quantitative estimate of drug-likeness (QED) is 0.379. The zero-order valence-corrected chi connectivity index (χ0v) is 18.2. The molecular formula is C25H23N3O5. The lowest BCUT2D eigenvalue weighted by atomic mass is 10.1. The molecule has 3 rings (SSSR count). The van der Waals surface area contributed by atoms with Crippen LogP contribution in [0.3, 0.4) is 0 Å². The Balaban J connectivity index is 1.62. The Labute approximate surface area is 191 Å². The van der Waals surface area contributed by atoms with Gasteiger partial charge in [-0.15, -0.1) is 0 Å². The number of carbonyl (C=O) groups excluding carboxylic acids is 4. The summed E-state index contributed by atoms with van der Waals surface area (Å²) in [4.78, 5) is 47.4. The van der Waals surface area contributed by atoms with Crippen LogP contribution in [-0.4, -0.2) is 23.7 Å². The Hall–Kier alpha value is -4.46. The van der Waals surface area contributed by atoms with Crippen LogP contribution in [0.2, 0.25) is 0 Å². The Morgan fingerprint density at radius 2 is 1.36 bits per heavy atom. The summed E-state index contributed by atoms with van der Waals surface area (Å²) in [5.74, 6) is -1.05. The van der Waals surface area contributed by atoms with Crippen LogP contribution >= 0.6 is 0 Å². The molecule has 3 aromatic carbocycles. The van der Waals surface area contributed by atoms with E-state index in [0.717, 1.165) is 5.56 Å². The first-order valence-electron chi connectivity index (χ1n) is 10.1. The van der Waals surface area contributed by atoms with Crippen LogP contribution in [0.5, 0.6) is 5.75 Å². The van der Waals surface area contributed by atoms with E-state index in [1.807, 2.05) is 6.07 Å². The van der Waals surface area contributed by atoms with Crippen LogP contribution in [0.1, 0.15) is 40.1 Å². The zero-order chi connectivity index (χ0) is 23.8. The molecule has 3 amide bonds. The van der Waals surface area contributed by atoms with Gasteiger partial charge < -0.3 is 20.7 Å². The molecule has 0 saturated carbocycles. The first-order valence-corrected chi connectivity index (χ1v) is 10.1. The maximum absolute atomic E-state index is 12.6. The first-order chi connectivity index (χ1) is 15.8. The summed E-state index contributed by atoms with van der Waals surface area (Å²) >= 11 is 0. The minimum atomic E-state index is -0.468. The molecular weight excluding hydrogens is 422 g/mol. The highest BCUT2D eigenvalue weighted by Crippen LogP contribution is 2.17. The highest BCUT2D eigenvalue weighted by molar-refractivity contribution is 6.04. The van der Waals surface area contributed by atoms with Crippen molar-refractivity contribution in [2.75, 3.05) is 10.6 Å². The van der Waals surface area contributed by atoms with Gasteiger partial charge in [-0.25, -0.2) is 0 Å². The Bertz CT molecular complexity index is 1210. The average molecular weight is 445 g/mol. The number of hydrogen-bond acceptors (Lipinski definition) is 5. The highest BCUT2D eigenvalue weighted by Gasteiger charge is 2.10. The third kappa shape index (κ3) is 7.03. The van der Waals surface area contributed by atoms with E-state index in [-0.39, 0.29) is 30.0 Å². The molecule has 3 aromatic rings. The fraction of sp³-hybridized carbons (Fsp3) is 0.120. The molecule has 0 aliphatic heterocycles. The lowest BCUT2D eigenvalue weighted by Crippen LogP contribution is -2.23. The number of esters is 1. The normalized spacial score (nSPS) is 10.1. The summed E-state index contributed by atoms with van der Waals surface area (Å²) < 4.78 is 5.01. The van der Waals surface area contributed by atoms with Crippen molar-refractivity contribution in [3.8, 4) is 5.75 Å². The molecule has 8 nitrogen and oxygen atoms in total. The summed E-state index contributed by atoms with van der Waals surface area (Å²) in [7, 11) is 0.